The van der Waals surface area contributed by atoms with Crippen LogP contribution in [0.3, 0.4) is 0 Å². The Hall–Kier alpha value is -1.78. The van der Waals surface area contributed by atoms with Crippen molar-refractivity contribution in [2.24, 2.45) is 0 Å². The van der Waals surface area contributed by atoms with Gasteiger partial charge in [-0.05, 0) is 67.2 Å². The van der Waals surface area contributed by atoms with E-state index >= 15 is 0 Å². The van der Waals surface area contributed by atoms with Crippen LogP contribution in [0.25, 0.3) is 0 Å². The van der Waals surface area contributed by atoms with Crippen molar-refractivity contribution in [2.45, 2.75) is 33.6 Å². The minimum absolute atomic E-state index is 1.05. The fourth-order valence-electron chi connectivity index (χ4n) is 2.27. The second-order valence-electron chi connectivity index (χ2n) is 4.81. The summed E-state index contributed by atoms with van der Waals surface area (Å²) in [5.74, 6) is 0. The highest BCUT2D eigenvalue weighted by Gasteiger charge is 2.12. The molecular weight excluding hydrogens is 216 g/mol. The molecule has 0 fully saturated rings. The van der Waals surface area contributed by atoms with Crippen molar-refractivity contribution in [3.8, 4) is 0 Å². The Morgan fingerprint density at radius 3 is 2.94 bits per heavy atom. The normalized spacial score (nSPS) is 21.2. The predicted octanol–water partition coefficient (Wildman–Crippen LogP) is 5.20. The Balaban J connectivity index is 2.46. The van der Waals surface area contributed by atoms with E-state index in [0.717, 1.165) is 12.8 Å². The van der Waals surface area contributed by atoms with Crippen molar-refractivity contribution < 1.29 is 0 Å². The molecule has 2 aliphatic rings. The van der Waals surface area contributed by atoms with E-state index in [-0.39, 0.29) is 0 Å². The molecule has 0 amide bonds. The molecule has 0 aromatic heterocycles. The summed E-state index contributed by atoms with van der Waals surface area (Å²) in [5, 5.41) is 0. The van der Waals surface area contributed by atoms with Gasteiger partial charge in [-0.2, -0.15) is 0 Å². The first-order valence-corrected chi connectivity index (χ1v) is 6.59. The van der Waals surface area contributed by atoms with Crippen molar-refractivity contribution in [3.63, 3.8) is 0 Å². The van der Waals surface area contributed by atoms with Crippen LogP contribution >= 0.6 is 0 Å². The van der Waals surface area contributed by atoms with Crippen LogP contribution in [-0.4, -0.2) is 0 Å². The summed E-state index contributed by atoms with van der Waals surface area (Å²) in [4.78, 5) is 0. The van der Waals surface area contributed by atoms with Crippen molar-refractivity contribution in [2.75, 3.05) is 0 Å². The molecule has 0 aromatic rings. The molecule has 0 heterocycles. The number of rotatable bonds is 2. The fourth-order valence-corrected chi connectivity index (χ4v) is 2.27. The third kappa shape index (κ3) is 2.72. The van der Waals surface area contributed by atoms with E-state index in [2.05, 4.69) is 56.9 Å². The summed E-state index contributed by atoms with van der Waals surface area (Å²) < 4.78 is 0. The molecule has 0 unspecified atom stereocenters. The topological polar surface area (TPSA) is 0 Å². The minimum atomic E-state index is 1.05. The van der Waals surface area contributed by atoms with Crippen LogP contribution in [-0.2, 0) is 0 Å². The maximum atomic E-state index is 3.17. The minimum Gasteiger partial charge on any atom is -0.121 e. The van der Waals surface area contributed by atoms with Gasteiger partial charge in [0.2, 0.25) is 0 Å². The number of hydrogen-bond acceptors (Lipinski definition) is 0. The van der Waals surface area contributed by atoms with E-state index in [0.29, 0.717) is 0 Å². The van der Waals surface area contributed by atoms with Crippen molar-refractivity contribution in [1.29, 1.82) is 0 Å². The van der Waals surface area contributed by atoms with Crippen LogP contribution in [0.4, 0.5) is 0 Å². The summed E-state index contributed by atoms with van der Waals surface area (Å²) in [6.07, 6.45) is 17.2. The lowest BCUT2D eigenvalue weighted by atomic mass is 9.87. The molecule has 0 N–H and O–H groups in total. The molecule has 0 aromatic carbocycles. The van der Waals surface area contributed by atoms with Gasteiger partial charge in [0.25, 0.3) is 0 Å². The second-order valence-corrected chi connectivity index (χ2v) is 4.81. The lowest BCUT2D eigenvalue weighted by molar-refractivity contribution is 1.02. The molecule has 0 saturated carbocycles. The molecule has 0 spiro atoms. The Bertz CT molecular complexity index is 551. The van der Waals surface area contributed by atoms with E-state index < -0.39 is 0 Å². The van der Waals surface area contributed by atoms with Gasteiger partial charge in [-0.25, -0.2) is 0 Å². The van der Waals surface area contributed by atoms with E-state index in [4.69, 9.17) is 0 Å². The third-order valence-electron chi connectivity index (χ3n) is 3.46. The molecule has 0 radical (unpaired) electrons. The van der Waals surface area contributed by atoms with Gasteiger partial charge in [-0.1, -0.05) is 36.8 Å². The molecule has 0 heteroatoms. The summed E-state index contributed by atoms with van der Waals surface area (Å²) >= 11 is 0. The average Bonchev–Trinajstić information content (AvgIpc) is 2.62. The molecule has 2 aliphatic carbocycles. The van der Waals surface area contributed by atoms with Gasteiger partial charge in [-0.15, -0.1) is 5.73 Å². The second kappa shape index (κ2) is 5.71. The quantitative estimate of drug-likeness (QED) is 0.578. The van der Waals surface area contributed by atoms with Crippen molar-refractivity contribution in [1.82, 2.24) is 0 Å². The van der Waals surface area contributed by atoms with Crippen LogP contribution in [0.2, 0.25) is 0 Å². The Labute approximate surface area is 110 Å². The van der Waals surface area contributed by atoms with E-state index in [1.165, 1.54) is 27.9 Å². The van der Waals surface area contributed by atoms with E-state index in [1.807, 2.05) is 12.2 Å². The molecule has 0 bridgehead atoms. The largest absolute Gasteiger partial charge is 0.121 e. The molecule has 0 aliphatic heterocycles. The molecule has 2 rings (SSSR count). The monoisotopic (exact) mass is 236 g/mol. The summed E-state index contributed by atoms with van der Waals surface area (Å²) in [5.41, 5.74) is 10.0. The van der Waals surface area contributed by atoms with Gasteiger partial charge in [0.15, 0.2) is 0 Å². The highest BCUT2D eigenvalue weighted by atomic mass is 14.2. The van der Waals surface area contributed by atoms with Gasteiger partial charge in [0.1, 0.15) is 0 Å². The molecule has 92 valence electrons. The van der Waals surface area contributed by atoms with Crippen LogP contribution in [0.15, 0.2) is 76.1 Å². The maximum absolute atomic E-state index is 3.17. The summed E-state index contributed by atoms with van der Waals surface area (Å²) in [7, 11) is 0. The molecule has 0 atom stereocenters. The van der Waals surface area contributed by atoms with Gasteiger partial charge < -0.3 is 0 Å². The molecular formula is C18H20. The van der Waals surface area contributed by atoms with Crippen molar-refractivity contribution in [3.05, 3.63) is 76.1 Å². The lowest BCUT2D eigenvalue weighted by Gasteiger charge is -2.18. The van der Waals surface area contributed by atoms with Gasteiger partial charge >= 0.3 is 0 Å². The lowest BCUT2D eigenvalue weighted by Crippen LogP contribution is -1.99. The summed E-state index contributed by atoms with van der Waals surface area (Å²) in [6.45, 7) is 6.59. The van der Waals surface area contributed by atoms with Gasteiger partial charge in [-0.3, -0.25) is 0 Å². The van der Waals surface area contributed by atoms with Crippen LogP contribution in [0.1, 0.15) is 33.6 Å². The third-order valence-corrected chi connectivity index (χ3v) is 3.46. The predicted molar refractivity (Wildman–Crippen MR) is 79.3 cm³/mol. The maximum Gasteiger partial charge on any atom is -0.00887 e. The Morgan fingerprint density at radius 1 is 1.33 bits per heavy atom. The first-order chi connectivity index (χ1) is 8.72. The summed E-state index contributed by atoms with van der Waals surface area (Å²) in [6, 6.07) is 0. The smallest absolute Gasteiger partial charge is 0.00887 e. The zero-order valence-electron chi connectivity index (χ0n) is 11.5. The van der Waals surface area contributed by atoms with E-state index in [9.17, 15) is 0 Å². The molecule has 0 saturated heterocycles. The standard InChI is InChI=1S/C18H20/c1-4-15(3)17-11-7-8-12-18(17)16-10-6-5-9-14(2)13-16/h6-10,12-13H,4,11H2,1-3H3/b17-15+. The zero-order chi connectivity index (χ0) is 13.0. The Morgan fingerprint density at radius 2 is 2.17 bits per heavy atom. The van der Waals surface area contributed by atoms with Gasteiger partial charge in [0, 0.05) is 0 Å². The fraction of sp³-hybridized carbons (Fsp3) is 0.278. The molecule has 18 heavy (non-hydrogen) atoms. The first kappa shape index (κ1) is 12.7. The van der Waals surface area contributed by atoms with Crippen LogP contribution in [0, 0.1) is 0 Å². The van der Waals surface area contributed by atoms with Gasteiger partial charge in [0.05, 0.1) is 0 Å². The van der Waals surface area contributed by atoms with Crippen LogP contribution < -0.4 is 0 Å². The zero-order valence-corrected chi connectivity index (χ0v) is 11.5. The first-order valence-electron chi connectivity index (χ1n) is 6.59. The highest BCUT2D eigenvalue weighted by molar-refractivity contribution is 5.59. The SMILES string of the molecule is CC/C(C)=C1\CC=CC=C1C1=CC=C=CC(C)=C1. The van der Waals surface area contributed by atoms with Crippen LogP contribution in [0.5, 0.6) is 0 Å². The molecule has 0 nitrogen and oxygen atoms in total. The van der Waals surface area contributed by atoms with Crippen molar-refractivity contribution >= 4 is 0 Å². The number of allylic oxidation sites excluding steroid dienone is 11. The average molecular weight is 236 g/mol. The highest BCUT2D eigenvalue weighted by Crippen LogP contribution is 2.31. The Kier molecular flexibility index (Phi) is 4.02. The van der Waals surface area contributed by atoms with E-state index in [1.54, 1.807) is 0 Å². The number of hydrogen-bond donors (Lipinski definition) is 0.